The molecule has 0 saturated heterocycles. The number of hydrogen-bond acceptors (Lipinski definition) is 2. The molecule has 1 aromatic carbocycles. The summed E-state index contributed by atoms with van der Waals surface area (Å²) in [5.41, 5.74) is 0.539. The second kappa shape index (κ2) is 7.16. The fraction of sp³-hybridized carbons (Fsp3) is 0.625. The normalized spacial score (nSPS) is 18.5. The molecule has 0 bridgehead atoms. The van der Waals surface area contributed by atoms with Gasteiger partial charge >= 0.3 is 6.36 Å². The molecule has 1 atom stereocenters. The van der Waals surface area contributed by atoms with Gasteiger partial charge in [-0.05, 0) is 31.7 Å². The molecule has 2 rings (SSSR count). The number of alkyl halides is 3. The zero-order valence-electron chi connectivity index (χ0n) is 12.2. The standard InChI is InChI=1S/C16H22F3NO/c1-12(13-7-3-2-4-8-13)20-11-14-9-5-6-10-15(14)21-16(17,18)19/h5-6,9-10,12-13,20H,2-4,7-8,11H2,1H3/t12-/m0/s1. The van der Waals surface area contributed by atoms with E-state index in [1.54, 1.807) is 18.2 Å². The summed E-state index contributed by atoms with van der Waals surface area (Å²) in [4.78, 5) is 0. The van der Waals surface area contributed by atoms with Crippen LogP contribution in [0.5, 0.6) is 5.75 Å². The lowest BCUT2D eigenvalue weighted by Gasteiger charge is -2.28. The van der Waals surface area contributed by atoms with Crippen molar-refractivity contribution in [1.29, 1.82) is 0 Å². The van der Waals surface area contributed by atoms with Gasteiger partial charge in [0.25, 0.3) is 0 Å². The maximum Gasteiger partial charge on any atom is 0.573 e. The maximum absolute atomic E-state index is 12.4. The Hall–Kier alpha value is -1.23. The molecule has 1 fully saturated rings. The van der Waals surface area contributed by atoms with Gasteiger partial charge in [0.05, 0.1) is 0 Å². The Morgan fingerprint density at radius 2 is 1.86 bits per heavy atom. The Balaban J connectivity index is 1.93. The van der Waals surface area contributed by atoms with Gasteiger partial charge in [0, 0.05) is 18.2 Å². The van der Waals surface area contributed by atoms with Gasteiger partial charge in [-0.15, -0.1) is 13.2 Å². The third-order valence-corrected chi connectivity index (χ3v) is 4.17. The summed E-state index contributed by atoms with van der Waals surface area (Å²) in [5.74, 6) is 0.503. The van der Waals surface area contributed by atoms with E-state index in [9.17, 15) is 13.2 Å². The first-order chi connectivity index (χ1) is 9.96. The molecule has 0 spiro atoms. The molecule has 2 nitrogen and oxygen atoms in total. The van der Waals surface area contributed by atoms with Gasteiger partial charge in [0.15, 0.2) is 0 Å². The van der Waals surface area contributed by atoms with Gasteiger partial charge < -0.3 is 10.1 Å². The van der Waals surface area contributed by atoms with Crippen LogP contribution in [-0.2, 0) is 6.54 Å². The fourth-order valence-electron chi connectivity index (χ4n) is 2.95. The van der Waals surface area contributed by atoms with E-state index in [1.807, 2.05) is 0 Å². The van der Waals surface area contributed by atoms with Crippen LogP contribution in [0.2, 0.25) is 0 Å². The molecule has 0 aromatic heterocycles. The van der Waals surface area contributed by atoms with Gasteiger partial charge in [-0.2, -0.15) is 0 Å². The van der Waals surface area contributed by atoms with Crippen LogP contribution in [0.25, 0.3) is 0 Å². The maximum atomic E-state index is 12.4. The molecule has 0 amide bonds. The van der Waals surface area contributed by atoms with E-state index in [-0.39, 0.29) is 5.75 Å². The average molecular weight is 301 g/mol. The predicted molar refractivity (Wildman–Crippen MR) is 76.0 cm³/mol. The molecule has 1 N–H and O–H groups in total. The third-order valence-electron chi connectivity index (χ3n) is 4.17. The second-order valence-electron chi connectivity index (χ2n) is 5.72. The van der Waals surface area contributed by atoms with Crippen LogP contribution in [0.15, 0.2) is 24.3 Å². The third kappa shape index (κ3) is 5.23. The second-order valence-corrected chi connectivity index (χ2v) is 5.72. The summed E-state index contributed by atoms with van der Waals surface area (Å²) in [6, 6.07) is 6.61. The first-order valence-corrected chi connectivity index (χ1v) is 7.53. The van der Waals surface area contributed by atoms with Gasteiger partial charge in [0.1, 0.15) is 5.75 Å². The smallest absolute Gasteiger partial charge is 0.405 e. The van der Waals surface area contributed by atoms with Gasteiger partial charge in [0.2, 0.25) is 0 Å². The Kier molecular flexibility index (Phi) is 5.51. The lowest BCUT2D eigenvalue weighted by atomic mass is 9.84. The predicted octanol–water partition coefficient (Wildman–Crippen LogP) is 4.64. The summed E-state index contributed by atoms with van der Waals surface area (Å²) < 4.78 is 41.2. The summed E-state index contributed by atoms with van der Waals surface area (Å²) in [7, 11) is 0. The van der Waals surface area contributed by atoms with Crippen molar-refractivity contribution in [3.05, 3.63) is 29.8 Å². The largest absolute Gasteiger partial charge is 0.573 e. The minimum atomic E-state index is -4.65. The summed E-state index contributed by atoms with van der Waals surface area (Å²) in [6.07, 6.45) is 1.56. The number of nitrogens with one attached hydrogen (secondary N) is 1. The minimum absolute atomic E-state index is 0.117. The van der Waals surface area contributed by atoms with E-state index in [0.29, 0.717) is 24.1 Å². The Morgan fingerprint density at radius 1 is 1.19 bits per heavy atom. The molecule has 1 saturated carbocycles. The Labute approximate surface area is 123 Å². The average Bonchev–Trinajstić information content (AvgIpc) is 2.45. The van der Waals surface area contributed by atoms with E-state index < -0.39 is 6.36 Å². The molecule has 0 radical (unpaired) electrons. The quantitative estimate of drug-likeness (QED) is 0.855. The highest BCUT2D eigenvalue weighted by molar-refractivity contribution is 5.33. The lowest BCUT2D eigenvalue weighted by molar-refractivity contribution is -0.274. The molecule has 0 unspecified atom stereocenters. The highest BCUT2D eigenvalue weighted by atomic mass is 19.4. The topological polar surface area (TPSA) is 21.3 Å². The number of ether oxygens (including phenoxy) is 1. The van der Waals surface area contributed by atoms with Gasteiger partial charge in [-0.25, -0.2) is 0 Å². The summed E-state index contributed by atoms with van der Waals surface area (Å²) in [6.45, 7) is 2.51. The number of para-hydroxylation sites is 1. The van der Waals surface area contributed by atoms with E-state index in [2.05, 4.69) is 17.0 Å². The molecular formula is C16H22F3NO. The van der Waals surface area contributed by atoms with Crippen molar-refractivity contribution in [2.24, 2.45) is 5.92 Å². The molecular weight excluding hydrogens is 279 g/mol. The molecule has 21 heavy (non-hydrogen) atoms. The molecule has 1 aromatic rings. The minimum Gasteiger partial charge on any atom is -0.405 e. The van der Waals surface area contributed by atoms with Crippen LogP contribution < -0.4 is 10.1 Å². The van der Waals surface area contributed by atoms with Crippen molar-refractivity contribution in [2.75, 3.05) is 0 Å². The van der Waals surface area contributed by atoms with E-state index >= 15 is 0 Å². The highest BCUT2D eigenvalue weighted by Crippen LogP contribution is 2.28. The van der Waals surface area contributed by atoms with Crippen LogP contribution >= 0.6 is 0 Å². The van der Waals surface area contributed by atoms with E-state index in [0.717, 1.165) is 0 Å². The number of benzene rings is 1. The lowest BCUT2D eigenvalue weighted by Crippen LogP contribution is -2.34. The van der Waals surface area contributed by atoms with Crippen LogP contribution in [-0.4, -0.2) is 12.4 Å². The SMILES string of the molecule is C[C@H](NCc1ccccc1OC(F)(F)F)C1CCCCC1. The van der Waals surface area contributed by atoms with E-state index in [4.69, 9.17) is 0 Å². The van der Waals surface area contributed by atoms with Gasteiger partial charge in [-0.3, -0.25) is 0 Å². The summed E-state index contributed by atoms with van der Waals surface area (Å²) in [5, 5.41) is 3.35. The van der Waals surface area contributed by atoms with E-state index in [1.165, 1.54) is 38.2 Å². The van der Waals surface area contributed by atoms with Crippen molar-refractivity contribution >= 4 is 0 Å². The highest BCUT2D eigenvalue weighted by Gasteiger charge is 2.32. The van der Waals surface area contributed by atoms with Gasteiger partial charge in [-0.1, -0.05) is 37.5 Å². The first-order valence-electron chi connectivity index (χ1n) is 7.53. The Morgan fingerprint density at radius 3 is 2.52 bits per heavy atom. The Bertz CT molecular complexity index is 441. The number of rotatable bonds is 5. The number of halogens is 3. The monoisotopic (exact) mass is 301 g/mol. The molecule has 1 aliphatic rings. The van der Waals surface area contributed by atoms with Crippen molar-refractivity contribution < 1.29 is 17.9 Å². The molecule has 1 aliphatic carbocycles. The zero-order valence-corrected chi connectivity index (χ0v) is 12.2. The molecule has 0 heterocycles. The molecule has 118 valence electrons. The van der Waals surface area contributed by atoms with Crippen molar-refractivity contribution in [2.45, 2.75) is 58.0 Å². The van der Waals surface area contributed by atoms with Crippen LogP contribution in [0.1, 0.15) is 44.6 Å². The fourth-order valence-corrected chi connectivity index (χ4v) is 2.95. The zero-order chi connectivity index (χ0) is 15.3. The van der Waals surface area contributed by atoms with Crippen LogP contribution in [0, 0.1) is 5.92 Å². The molecule has 0 aliphatic heterocycles. The van der Waals surface area contributed by atoms with Crippen molar-refractivity contribution in [1.82, 2.24) is 5.32 Å². The first kappa shape index (κ1) is 16.1. The molecule has 5 heteroatoms. The van der Waals surface area contributed by atoms with Crippen LogP contribution in [0.3, 0.4) is 0 Å². The van der Waals surface area contributed by atoms with Crippen molar-refractivity contribution in [3.63, 3.8) is 0 Å². The number of hydrogen-bond donors (Lipinski definition) is 1. The van der Waals surface area contributed by atoms with Crippen molar-refractivity contribution in [3.8, 4) is 5.75 Å². The van der Waals surface area contributed by atoms with Crippen LogP contribution in [0.4, 0.5) is 13.2 Å². The summed E-state index contributed by atoms with van der Waals surface area (Å²) >= 11 is 0.